The quantitative estimate of drug-likeness (QED) is 0.221. The van der Waals surface area contributed by atoms with Gasteiger partial charge in [0.25, 0.3) is 5.89 Å². The monoisotopic (exact) mass is 496 g/mol. The number of hydrogen-bond donors (Lipinski definition) is 0. The molecule has 3 aromatic carbocycles. The zero-order valence-corrected chi connectivity index (χ0v) is 21.7. The molecule has 0 amide bonds. The van der Waals surface area contributed by atoms with E-state index in [4.69, 9.17) is 9.26 Å². The Morgan fingerprint density at radius 1 is 0.676 bits per heavy atom. The van der Waals surface area contributed by atoms with E-state index in [1.54, 1.807) is 0 Å². The number of nitrogens with zero attached hydrogens (tertiary/aromatic N) is 4. The molecule has 0 aliphatic carbocycles. The van der Waals surface area contributed by atoms with Crippen molar-refractivity contribution < 1.29 is 13.8 Å². The maximum Gasteiger partial charge on any atom is 0.252 e. The molecular weight excluding hydrogens is 464 g/mol. The highest BCUT2D eigenvalue weighted by Crippen LogP contribution is 2.21. The predicted octanol–water partition coefficient (Wildman–Crippen LogP) is 7.44. The van der Waals surface area contributed by atoms with Crippen molar-refractivity contribution in [1.29, 1.82) is 0 Å². The van der Waals surface area contributed by atoms with Gasteiger partial charge in [-0.3, -0.25) is 0 Å². The first kappa shape index (κ1) is 26.0. The number of hydrogen-bond acceptors (Lipinski definition) is 7. The summed E-state index contributed by atoms with van der Waals surface area (Å²) in [6, 6.07) is 26.5. The van der Waals surface area contributed by atoms with Crippen LogP contribution in [0, 0.1) is 0 Å². The van der Waals surface area contributed by atoms with Crippen molar-refractivity contribution in [2.24, 2.45) is 0 Å². The summed E-state index contributed by atoms with van der Waals surface area (Å²) in [5.74, 6) is 2.79. The maximum absolute atomic E-state index is 5.61. The van der Waals surface area contributed by atoms with E-state index in [0.717, 1.165) is 16.7 Å². The number of ether oxygens (including phenoxy) is 1. The van der Waals surface area contributed by atoms with Crippen LogP contribution >= 0.6 is 0 Å². The van der Waals surface area contributed by atoms with Crippen molar-refractivity contribution in [2.75, 3.05) is 0 Å². The molecule has 0 fully saturated rings. The molecule has 0 unspecified atom stereocenters. The van der Waals surface area contributed by atoms with Crippen LogP contribution in [0.25, 0.3) is 22.8 Å². The van der Waals surface area contributed by atoms with E-state index in [9.17, 15) is 0 Å². The molecule has 2 aromatic heterocycles. The Labute approximate surface area is 217 Å². The standard InChI is InChI=1S/C19H20N2O2.C11H12N2O/c1-14(2)16-8-10-17(11-9-16)19-20-18(23-21-19)13-22-12-15-6-4-3-5-7-15;1-8(2)9-3-5-10(6-4-9)11-12-7-14-13-11/h3-11,14H,12-13H2,1-2H3;3-8H,1-2H3. The topological polar surface area (TPSA) is 87.1 Å². The second kappa shape index (κ2) is 12.7. The molecule has 7 heteroatoms. The van der Waals surface area contributed by atoms with Gasteiger partial charge in [-0.1, -0.05) is 117 Å². The fourth-order valence-electron chi connectivity index (χ4n) is 3.59. The molecule has 0 spiro atoms. The third-order valence-electron chi connectivity index (χ3n) is 5.84. The van der Waals surface area contributed by atoms with Gasteiger partial charge < -0.3 is 13.8 Å². The van der Waals surface area contributed by atoms with Gasteiger partial charge in [-0.15, -0.1) is 0 Å². The Kier molecular flexibility index (Phi) is 8.94. The maximum atomic E-state index is 5.61. The number of benzene rings is 3. The summed E-state index contributed by atoms with van der Waals surface area (Å²) in [7, 11) is 0. The molecule has 0 aliphatic heterocycles. The summed E-state index contributed by atoms with van der Waals surface area (Å²) in [4.78, 5) is 8.37. The van der Waals surface area contributed by atoms with Gasteiger partial charge in [0.2, 0.25) is 18.0 Å². The van der Waals surface area contributed by atoms with Crippen molar-refractivity contribution in [3.05, 3.63) is 108 Å². The van der Waals surface area contributed by atoms with Crippen LogP contribution in [0.5, 0.6) is 0 Å². The first-order chi connectivity index (χ1) is 18.0. The second-order valence-corrected chi connectivity index (χ2v) is 9.30. The SMILES string of the molecule is CC(C)c1ccc(-c2ncon2)cc1.CC(C)c1ccc(-c2noc(COCc3ccccc3)n2)cc1. The Bertz CT molecular complexity index is 1330. The van der Waals surface area contributed by atoms with Crippen LogP contribution < -0.4 is 0 Å². The van der Waals surface area contributed by atoms with Crippen LogP contribution in [0.2, 0.25) is 0 Å². The number of rotatable bonds is 8. The van der Waals surface area contributed by atoms with Gasteiger partial charge in [-0.05, 0) is 28.5 Å². The lowest BCUT2D eigenvalue weighted by molar-refractivity contribution is 0.0850. The summed E-state index contributed by atoms with van der Waals surface area (Å²) in [6.07, 6.45) is 1.34. The third-order valence-corrected chi connectivity index (χ3v) is 5.84. The molecular formula is C30H32N4O3. The Hall–Kier alpha value is -4.10. The molecule has 0 N–H and O–H groups in total. The van der Waals surface area contributed by atoms with E-state index in [0.29, 0.717) is 42.6 Å². The molecule has 5 rings (SSSR count). The molecule has 0 bridgehead atoms. The average Bonchev–Trinajstić information content (AvgIpc) is 3.63. The van der Waals surface area contributed by atoms with E-state index in [1.165, 1.54) is 17.5 Å². The minimum atomic E-state index is 0.311. The summed E-state index contributed by atoms with van der Waals surface area (Å²) < 4.78 is 15.5. The third kappa shape index (κ3) is 7.44. The highest BCUT2D eigenvalue weighted by molar-refractivity contribution is 5.55. The lowest BCUT2D eigenvalue weighted by Gasteiger charge is -2.04. The largest absolute Gasteiger partial charge is 0.367 e. The van der Waals surface area contributed by atoms with Crippen LogP contribution in [0.4, 0.5) is 0 Å². The summed E-state index contributed by atoms with van der Waals surface area (Å²) >= 11 is 0. The number of aromatic nitrogens is 4. The van der Waals surface area contributed by atoms with E-state index < -0.39 is 0 Å². The molecule has 0 atom stereocenters. The Balaban J connectivity index is 0.000000195. The molecule has 5 aromatic rings. The first-order valence-electron chi connectivity index (χ1n) is 12.4. The molecule has 0 aliphatic rings. The molecule has 0 saturated carbocycles. The summed E-state index contributed by atoms with van der Waals surface area (Å²) in [6.45, 7) is 9.53. The molecule has 7 nitrogen and oxygen atoms in total. The van der Waals surface area contributed by atoms with Crippen LogP contribution in [0.3, 0.4) is 0 Å². The normalized spacial score (nSPS) is 11.0. The molecule has 0 saturated heterocycles. The van der Waals surface area contributed by atoms with Crippen LogP contribution in [0.1, 0.15) is 62.1 Å². The van der Waals surface area contributed by atoms with Crippen LogP contribution in [-0.4, -0.2) is 20.3 Å². The van der Waals surface area contributed by atoms with Gasteiger partial charge in [0.1, 0.15) is 6.61 Å². The van der Waals surface area contributed by atoms with Crippen molar-refractivity contribution in [2.45, 2.75) is 52.7 Å². The van der Waals surface area contributed by atoms with E-state index in [2.05, 4.69) is 76.8 Å². The van der Waals surface area contributed by atoms with Crippen LogP contribution in [0.15, 0.2) is 94.3 Å². The van der Waals surface area contributed by atoms with Gasteiger partial charge in [-0.25, -0.2) is 0 Å². The van der Waals surface area contributed by atoms with Gasteiger partial charge in [-0.2, -0.15) is 9.97 Å². The van der Waals surface area contributed by atoms with Crippen LogP contribution in [-0.2, 0) is 18.0 Å². The minimum absolute atomic E-state index is 0.311. The molecule has 190 valence electrons. The van der Waals surface area contributed by atoms with E-state index in [-0.39, 0.29) is 0 Å². The lowest BCUT2D eigenvalue weighted by atomic mass is 10.0. The van der Waals surface area contributed by atoms with Gasteiger partial charge in [0, 0.05) is 11.1 Å². The second-order valence-electron chi connectivity index (χ2n) is 9.30. The summed E-state index contributed by atoms with van der Waals surface area (Å²) in [5.41, 5.74) is 5.67. The van der Waals surface area contributed by atoms with E-state index >= 15 is 0 Å². The minimum Gasteiger partial charge on any atom is -0.367 e. The van der Waals surface area contributed by atoms with Crippen molar-refractivity contribution in [3.63, 3.8) is 0 Å². The highest BCUT2D eigenvalue weighted by atomic mass is 16.5. The van der Waals surface area contributed by atoms with Gasteiger partial charge in [0.05, 0.1) is 6.61 Å². The summed E-state index contributed by atoms with van der Waals surface area (Å²) in [5, 5.41) is 7.80. The zero-order valence-electron chi connectivity index (χ0n) is 21.7. The Morgan fingerprint density at radius 3 is 1.81 bits per heavy atom. The fourth-order valence-corrected chi connectivity index (χ4v) is 3.59. The van der Waals surface area contributed by atoms with Gasteiger partial charge in [0.15, 0.2) is 0 Å². The predicted molar refractivity (Wildman–Crippen MR) is 143 cm³/mol. The molecule has 0 radical (unpaired) electrons. The van der Waals surface area contributed by atoms with Crippen molar-refractivity contribution >= 4 is 0 Å². The Morgan fingerprint density at radius 2 is 1.27 bits per heavy atom. The van der Waals surface area contributed by atoms with E-state index in [1.807, 2.05) is 54.6 Å². The van der Waals surface area contributed by atoms with Gasteiger partial charge >= 0.3 is 0 Å². The fraction of sp³-hybridized carbons (Fsp3) is 0.267. The lowest BCUT2D eigenvalue weighted by Crippen LogP contribution is -1.94. The zero-order chi connectivity index (χ0) is 26.0. The molecule has 37 heavy (non-hydrogen) atoms. The first-order valence-corrected chi connectivity index (χ1v) is 12.4. The van der Waals surface area contributed by atoms with Crippen molar-refractivity contribution in [1.82, 2.24) is 20.3 Å². The highest BCUT2D eigenvalue weighted by Gasteiger charge is 2.09. The van der Waals surface area contributed by atoms with Crippen molar-refractivity contribution in [3.8, 4) is 22.8 Å². The molecule has 2 heterocycles. The average molecular weight is 497 g/mol. The smallest absolute Gasteiger partial charge is 0.252 e.